The average molecular weight is 388 g/mol. The number of halogens is 4. The molecule has 0 saturated carbocycles. The van der Waals surface area contributed by atoms with Crippen LogP contribution in [0.15, 0.2) is 29.3 Å². The Kier molecular flexibility index (Phi) is 4.61. The Labute approximate surface area is 150 Å². The molecule has 7 nitrogen and oxygen atoms in total. The van der Waals surface area contributed by atoms with Crippen LogP contribution in [0, 0.1) is 5.92 Å². The summed E-state index contributed by atoms with van der Waals surface area (Å²) in [6, 6.07) is 1.84. The van der Waals surface area contributed by atoms with Crippen LogP contribution >= 0.6 is 11.6 Å². The molecule has 1 aliphatic heterocycles. The number of anilines is 1. The van der Waals surface area contributed by atoms with Gasteiger partial charge in [-0.1, -0.05) is 11.6 Å². The Morgan fingerprint density at radius 1 is 1.31 bits per heavy atom. The number of rotatable bonds is 3. The second-order valence-electron chi connectivity index (χ2n) is 5.80. The van der Waals surface area contributed by atoms with Gasteiger partial charge in [-0.15, -0.1) is 0 Å². The molecule has 0 unspecified atom stereocenters. The second kappa shape index (κ2) is 6.60. The number of carbonyl (C=O) groups excluding carboxylic acids is 1. The van der Waals surface area contributed by atoms with Crippen molar-refractivity contribution in [3.8, 4) is 5.82 Å². The number of amides is 1. The number of carbonyl (C=O) groups is 1. The van der Waals surface area contributed by atoms with Crippen LogP contribution in [-0.2, 0) is 11.0 Å². The fraction of sp³-hybridized carbons (Fsp3) is 0.333. The molecule has 2 aromatic heterocycles. The molecule has 1 saturated heterocycles. The first-order valence-corrected chi connectivity index (χ1v) is 7.92. The van der Waals surface area contributed by atoms with Crippen LogP contribution in [0.5, 0.6) is 0 Å². The molecule has 2 N–H and O–H groups in total. The summed E-state index contributed by atoms with van der Waals surface area (Å²) in [6.45, 7) is 0.801. The summed E-state index contributed by atoms with van der Waals surface area (Å²) >= 11 is 6.12. The largest absolute Gasteiger partial charge is 0.417 e. The van der Waals surface area contributed by atoms with Crippen LogP contribution in [0.1, 0.15) is 12.0 Å². The smallest absolute Gasteiger partial charge is 0.369 e. The molecule has 1 atom stereocenters. The topological polar surface area (TPSA) is 94.1 Å². The number of pyridine rings is 1. The molecular formula is C15H13ClF3N5O2. The average Bonchev–Trinajstić information content (AvgIpc) is 3.07. The summed E-state index contributed by atoms with van der Waals surface area (Å²) in [6.07, 6.45) is -2.07. The molecule has 2 aromatic rings. The third-order valence-corrected chi connectivity index (χ3v) is 4.48. The van der Waals surface area contributed by atoms with Crippen molar-refractivity contribution in [1.29, 1.82) is 0 Å². The lowest BCUT2D eigenvalue weighted by Gasteiger charge is -2.19. The Bertz CT molecular complexity index is 898. The highest BCUT2D eigenvalue weighted by Crippen LogP contribution is 2.29. The van der Waals surface area contributed by atoms with E-state index < -0.39 is 23.2 Å². The highest BCUT2D eigenvalue weighted by molar-refractivity contribution is 6.33. The van der Waals surface area contributed by atoms with E-state index in [9.17, 15) is 22.8 Å². The van der Waals surface area contributed by atoms with E-state index in [0.29, 0.717) is 31.4 Å². The molecule has 26 heavy (non-hydrogen) atoms. The van der Waals surface area contributed by atoms with E-state index in [2.05, 4.69) is 10.1 Å². The normalized spacial score (nSPS) is 17.5. The van der Waals surface area contributed by atoms with Crippen molar-refractivity contribution >= 4 is 23.2 Å². The second-order valence-corrected chi connectivity index (χ2v) is 6.18. The zero-order valence-corrected chi connectivity index (χ0v) is 14.0. The lowest BCUT2D eigenvalue weighted by Crippen LogP contribution is -2.30. The van der Waals surface area contributed by atoms with Gasteiger partial charge < -0.3 is 10.6 Å². The standard InChI is InChI=1S/C15H13ClF3N5O2/c16-12-10(23-4-3-8(7-23)13(20)25)6-22-24(14(12)26)11-2-1-9(5-21-11)15(17,18)19/h1-2,5-6,8H,3-4,7H2,(H2,20,25)/t8-/m1/s1. The van der Waals surface area contributed by atoms with E-state index in [1.54, 1.807) is 4.90 Å². The van der Waals surface area contributed by atoms with Gasteiger partial charge in [0.2, 0.25) is 5.91 Å². The molecule has 1 amide bonds. The Hall–Kier alpha value is -2.62. The van der Waals surface area contributed by atoms with E-state index in [1.807, 2.05) is 0 Å². The van der Waals surface area contributed by atoms with Gasteiger partial charge in [0.25, 0.3) is 5.56 Å². The maximum atomic E-state index is 12.6. The first-order valence-electron chi connectivity index (χ1n) is 7.54. The zero-order valence-electron chi connectivity index (χ0n) is 13.2. The van der Waals surface area contributed by atoms with Gasteiger partial charge >= 0.3 is 6.18 Å². The number of nitrogens with zero attached hydrogens (tertiary/aromatic N) is 4. The first-order chi connectivity index (χ1) is 12.2. The van der Waals surface area contributed by atoms with Crippen molar-refractivity contribution in [2.24, 2.45) is 11.7 Å². The lowest BCUT2D eigenvalue weighted by atomic mass is 10.1. The van der Waals surface area contributed by atoms with Crippen molar-refractivity contribution in [3.05, 3.63) is 45.5 Å². The van der Waals surface area contributed by atoms with Crippen LogP contribution in [0.25, 0.3) is 5.82 Å². The van der Waals surface area contributed by atoms with Gasteiger partial charge in [-0.05, 0) is 18.6 Å². The number of hydrogen-bond acceptors (Lipinski definition) is 5. The Morgan fingerprint density at radius 2 is 2.04 bits per heavy atom. The summed E-state index contributed by atoms with van der Waals surface area (Å²) < 4.78 is 38.6. The molecule has 3 heterocycles. The highest BCUT2D eigenvalue weighted by atomic mass is 35.5. The first kappa shape index (κ1) is 18.2. The lowest BCUT2D eigenvalue weighted by molar-refractivity contribution is -0.137. The number of alkyl halides is 3. The van der Waals surface area contributed by atoms with Gasteiger partial charge in [-0.3, -0.25) is 9.59 Å². The molecule has 138 valence electrons. The summed E-state index contributed by atoms with van der Waals surface area (Å²) in [4.78, 5) is 29.0. The van der Waals surface area contributed by atoms with Gasteiger partial charge in [0.15, 0.2) is 5.82 Å². The van der Waals surface area contributed by atoms with E-state index in [-0.39, 0.29) is 16.8 Å². The van der Waals surface area contributed by atoms with Crippen LogP contribution in [0.3, 0.4) is 0 Å². The quantitative estimate of drug-likeness (QED) is 0.863. The monoisotopic (exact) mass is 387 g/mol. The van der Waals surface area contributed by atoms with E-state index in [4.69, 9.17) is 17.3 Å². The Balaban J connectivity index is 1.91. The van der Waals surface area contributed by atoms with Gasteiger partial charge in [-0.2, -0.15) is 23.0 Å². The minimum atomic E-state index is -4.53. The summed E-state index contributed by atoms with van der Waals surface area (Å²) in [5.74, 6) is -0.864. The van der Waals surface area contributed by atoms with Gasteiger partial charge in [0.05, 0.1) is 23.4 Å². The van der Waals surface area contributed by atoms with Crippen molar-refractivity contribution in [1.82, 2.24) is 14.8 Å². The van der Waals surface area contributed by atoms with Crippen molar-refractivity contribution in [2.45, 2.75) is 12.6 Å². The number of hydrogen-bond donors (Lipinski definition) is 1. The maximum absolute atomic E-state index is 12.6. The Morgan fingerprint density at radius 3 is 2.58 bits per heavy atom. The molecule has 0 aromatic carbocycles. The number of nitrogens with two attached hydrogens (primary N) is 1. The van der Waals surface area contributed by atoms with Crippen molar-refractivity contribution in [2.75, 3.05) is 18.0 Å². The molecule has 0 spiro atoms. The fourth-order valence-corrected chi connectivity index (χ4v) is 2.95. The van der Waals surface area contributed by atoms with Crippen LogP contribution < -0.4 is 16.2 Å². The van der Waals surface area contributed by atoms with Gasteiger partial charge in [-0.25, -0.2) is 4.98 Å². The number of aromatic nitrogens is 3. The highest BCUT2D eigenvalue weighted by Gasteiger charge is 2.31. The molecule has 11 heteroatoms. The zero-order chi connectivity index (χ0) is 19.1. The minimum Gasteiger partial charge on any atom is -0.369 e. The maximum Gasteiger partial charge on any atom is 0.417 e. The summed E-state index contributed by atoms with van der Waals surface area (Å²) in [7, 11) is 0. The van der Waals surface area contributed by atoms with Gasteiger partial charge in [0, 0.05) is 19.3 Å². The molecule has 3 rings (SSSR count). The van der Waals surface area contributed by atoms with E-state index in [1.165, 1.54) is 6.20 Å². The third-order valence-electron chi connectivity index (χ3n) is 4.12. The van der Waals surface area contributed by atoms with Crippen LogP contribution in [0.4, 0.5) is 18.9 Å². The van der Waals surface area contributed by atoms with Crippen molar-refractivity contribution in [3.63, 3.8) is 0 Å². The number of primary amides is 1. The predicted octanol–water partition coefficient (Wildman–Crippen LogP) is 1.61. The van der Waals surface area contributed by atoms with E-state index in [0.717, 1.165) is 16.8 Å². The summed E-state index contributed by atoms with van der Waals surface area (Å²) in [5.41, 5.74) is 3.96. The molecule has 1 aliphatic rings. The molecule has 0 radical (unpaired) electrons. The molecule has 0 aliphatic carbocycles. The van der Waals surface area contributed by atoms with Crippen molar-refractivity contribution < 1.29 is 18.0 Å². The van der Waals surface area contributed by atoms with Crippen LogP contribution in [0.2, 0.25) is 5.02 Å². The molecule has 0 bridgehead atoms. The van der Waals surface area contributed by atoms with Crippen LogP contribution in [-0.4, -0.2) is 33.8 Å². The molecular weight excluding hydrogens is 375 g/mol. The third kappa shape index (κ3) is 3.36. The molecule has 1 fully saturated rings. The minimum absolute atomic E-state index is 0.0899. The van der Waals surface area contributed by atoms with E-state index >= 15 is 0 Å². The van der Waals surface area contributed by atoms with Gasteiger partial charge in [0.1, 0.15) is 5.02 Å². The SMILES string of the molecule is NC(=O)[C@@H]1CCN(c2cnn(-c3ccc(C(F)(F)F)cn3)c(=O)c2Cl)C1. The summed E-state index contributed by atoms with van der Waals surface area (Å²) in [5, 5.41) is 3.77. The predicted molar refractivity (Wildman–Crippen MR) is 87.2 cm³/mol. The fourth-order valence-electron chi connectivity index (χ4n) is 2.70.